The lowest BCUT2D eigenvalue weighted by molar-refractivity contribution is -0.134. The molecule has 1 aliphatic heterocycles. The molecule has 21 heavy (non-hydrogen) atoms. The van der Waals surface area contributed by atoms with E-state index in [2.05, 4.69) is 29.2 Å². The molecule has 0 radical (unpaired) electrons. The smallest absolute Gasteiger partial charge is 0.242 e. The summed E-state index contributed by atoms with van der Waals surface area (Å²) in [6, 6.07) is 8.54. The number of rotatable bonds is 4. The zero-order chi connectivity index (χ0) is 15.5. The predicted octanol–water partition coefficient (Wildman–Crippen LogP) is 2.37. The monoisotopic (exact) mass is 289 g/mol. The number of hydrogen-bond acceptors (Lipinski definition) is 3. The summed E-state index contributed by atoms with van der Waals surface area (Å²) in [5.41, 5.74) is 7.46. The van der Waals surface area contributed by atoms with E-state index < -0.39 is 5.54 Å². The summed E-state index contributed by atoms with van der Waals surface area (Å²) in [6.45, 7) is 6.38. The van der Waals surface area contributed by atoms with Crippen LogP contribution in [0.5, 0.6) is 0 Å². The number of piperidine rings is 1. The second-order valence-corrected chi connectivity index (χ2v) is 6.60. The Balaban J connectivity index is 1.97. The van der Waals surface area contributed by atoms with Gasteiger partial charge in [-0.05, 0) is 50.8 Å². The number of likely N-dealkylation sites (N-methyl/N-ethyl adjacent to an activating group) is 1. The van der Waals surface area contributed by atoms with Crippen molar-refractivity contribution in [1.82, 2.24) is 4.90 Å². The van der Waals surface area contributed by atoms with Gasteiger partial charge in [0.25, 0.3) is 0 Å². The largest absolute Gasteiger partial charge is 0.372 e. The van der Waals surface area contributed by atoms with Crippen LogP contribution in [0.25, 0.3) is 0 Å². The number of carbonyl (C=O) groups excluding carboxylic acids is 1. The molecule has 1 heterocycles. The third-order valence-electron chi connectivity index (χ3n) is 3.98. The fourth-order valence-electron chi connectivity index (χ4n) is 2.80. The van der Waals surface area contributed by atoms with Gasteiger partial charge in [0.1, 0.15) is 0 Å². The first kappa shape index (κ1) is 15.8. The summed E-state index contributed by atoms with van der Waals surface area (Å²) < 4.78 is 0. The van der Waals surface area contributed by atoms with Gasteiger partial charge in [0.15, 0.2) is 0 Å². The third kappa shape index (κ3) is 4.21. The highest BCUT2D eigenvalue weighted by molar-refractivity contribution is 5.84. The number of nitrogens with two attached hydrogens (primary N) is 1. The Kier molecular flexibility index (Phi) is 4.88. The van der Waals surface area contributed by atoms with Gasteiger partial charge in [-0.25, -0.2) is 0 Å². The predicted molar refractivity (Wildman–Crippen MR) is 87.2 cm³/mol. The first-order valence-electron chi connectivity index (χ1n) is 7.76. The third-order valence-corrected chi connectivity index (χ3v) is 3.98. The molecular weight excluding hydrogens is 262 g/mol. The second-order valence-electron chi connectivity index (χ2n) is 6.60. The average Bonchev–Trinajstić information content (AvgIpc) is 2.47. The maximum atomic E-state index is 12.1. The van der Waals surface area contributed by atoms with E-state index in [-0.39, 0.29) is 5.91 Å². The molecule has 116 valence electrons. The van der Waals surface area contributed by atoms with Crippen LogP contribution in [0.2, 0.25) is 0 Å². The van der Waals surface area contributed by atoms with E-state index in [4.69, 9.17) is 5.73 Å². The van der Waals surface area contributed by atoms with Gasteiger partial charge in [0, 0.05) is 32.4 Å². The standard InChI is InChI=1S/C17H27N3O/c1-17(2,18)16(21)19(3)13-14-7-9-15(10-8-14)20-11-5-4-6-12-20/h7-10H,4-6,11-13,18H2,1-3H3. The molecule has 2 rings (SSSR count). The van der Waals surface area contributed by atoms with Gasteiger partial charge < -0.3 is 15.5 Å². The van der Waals surface area contributed by atoms with E-state index in [0.717, 1.165) is 18.7 Å². The zero-order valence-electron chi connectivity index (χ0n) is 13.4. The molecule has 1 aromatic rings. The molecule has 1 fully saturated rings. The van der Waals surface area contributed by atoms with Crippen LogP contribution in [0, 0.1) is 0 Å². The van der Waals surface area contributed by atoms with E-state index in [1.54, 1.807) is 25.8 Å². The van der Waals surface area contributed by atoms with Crippen LogP contribution in [0.4, 0.5) is 5.69 Å². The van der Waals surface area contributed by atoms with Crippen molar-refractivity contribution in [3.8, 4) is 0 Å². The van der Waals surface area contributed by atoms with Gasteiger partial charge in [0.2, 0.25) is 5.91 Å². The van der Waals surface area contributed by atoms with Crippen LogP contribution in [-0.2, 0) is 11.3 Å². The first-order valence-corrected chi connectivity index (χ1v) is 7.76. The van der Waals surface area contributed by atoms with Crippen LogP contribution < -0.4 is 10.6 Å². The highest BCUT2D eigenvalue weighted by atomic mass is 16.2. The zero-order valence-corrected chi connectivity index (χ0v) is 13.4. The molecule has 0 aromatic heterocycles. The van der Waals surface area contributed by atoms with Crippen LogP contribution in [-0.4, -0.2) is 36.5 Å². The summed E-state index contributed by atoms with van der Waals surface area (Å²) in [5.74, 6) is -0.0393. The minimum absolute atomic E-state index is 0.0393. The molecule has 2 N–H and O–H groups in total. The van der Waals surface area contributed by atoms with Crippen LogP contribution in [0.15, 0.2) is 24.3 Å². The molecule has 0 bridgehead atoms. The van der Waals surface area contributed by atoms with Crippen molar-refractivity contribution < 1.29 is 4.79 Å². The normalized spacial score (nSPS) is 15.9. The second kappa shape index (κ2) is 6.48. The van der Waals surface area contributed by atoms with Gasteiger partial charge in [0.05, 0.1) is 5.54 Å². The van der Waals surface area contributed by atoms with E-state index >= 15 is 0 Å². The van der Waals surface area contributed by atoms with Crippen LogP contribution >= 0.6 is 0 Å². The van der Waals surface area contributed by atoms with E-state index in [1.165, 1.54) is 24.9 Å². The topological polar surface area (TPSA) is 49.6 Å². The van der Waals surface area contributed by atoms with Crippen molar-refractivity contribution in [2.45, 2.75) is 45.2 Å². The summed E-state index contributed by atoms with van der Waals surface area (Å²) in [6.07, 6.45) is 3.91. The van der Waals surface area contributed by atoms with Crippen molar-refractivity contribution in [2.75, 3.05) is 25.0 Å². The molecule has 1 aliphatic rings. The number of carbonyl (C=O) groups is 1. The Morgan fingerprint density at radius 1 is 1.19 bits per heavy atom. The highest BCUT2D eigenvalue weighted by Crippen LogP contribution is 2.20. The highest BCUT2D eigenvalue weighted by Gasteiger charge is 2.25. The molecule has 4 nitrogen and oxygen atoms in total. The Morgan fingerprint density at radius 2 is 1.76 bits per heavy atom. The molecular formula is C17H27N3O. The Hall–Kier alpha value is -1.55. The van der Waals surface area contributed by atoms with Gasteiger partial charge in [-0.15, -0.1) is 0 Å². The van der Waals surface area contributed by atoms with E-state index in [0.29, 0.717) is 6.54 Å². The maximum absolute atomic E-state index is 12.1. The molecule has 0 aliphatic carbocycles. The van der Waals surface area contributed by atoms with Crippen molar-refractivity contribution in [2.24, 2.45) is 5.73 Å². The Morgan fingerprint density at radius 3 is 2.29 bits per heavy atom. The molecule has 0 spiro atoms. The van der Waals surface area contributed by atoms with Gasteiger partial charge in [-0.1, -0.05) is 12.1 Å². The lowest BCUT2D eigenvalue weighted by Crippen LogP contribution is -2.49. The van der Waals surface area contributed by atoms with E-state index in [1.807, 2.05) is 0 Å². The number of anilines is 1. The molecule has 1 saturated heterocycles. The van der Waals surface area contributed by atoms with Crippen molar-refractivity contribution in [3.63, 3.8) is 0 Å². The molecule has 1 aromatic carbocycles. The molecule has 0 atom stereocenters. The lowest BCUT2D eigenvalue weighted by Gasteiger charge is -2.29. The Bertz CT molecular complexity index is 470. The molecule has 4 heteroatoms. The average molecular weight is 289 g/mol. The minimum atomic E-state index is -0.817. The van der Waals surface area contributed by atoms with Crippen molar-refractivity contribution >= 4 is 11.6 Å². The summed E-state index contributed by atoms with van der Waals surface area (Å²) in [7, 11) is 1.80. The lowest BCUT2D eigenvalue weighted by atomic mass is 10.1. The summed E-state index contributed by atoms with van der Waals surface area (Å²) in [4.78, 5) is 16.2. The van der Waals surface area contributed by atoms with Gasteiger partial charge in [-0.3, -0.25) is 4.79 Å². The number of nitrogens with zero attached hydrogens (tertiary/aromatic N) is 2. The number of hydrogen-bond donors (Lipinski definition) is 1. The van der Waals surface area contributed by atoms with Crippen molar-refractivity contribution in [3.05, 3.63) is 29.8 Å². The fourth-order valence-corrected chi connectivity index (χ4v) is 2.80. The Labute approximate surface area is 127 Å². The van der Waals surface area contributed by atoms with Gasteiger partial charge >= 0.3 is 0 Å². The number of benzene rings is 1. The molecule has 0 unspecified atom stereocenters. The SMILES string of the molecule is CN(Cc1ccc(N2CCCCC2)cc1)C(=O)C(C)(C)N. The first-order chi connectivity index (χ1) is 9.88. The van der Waals surface area contributed by atoms with Gasteiger partial charge in [-0.2, -0.15) is 0 Å². The maximum Gasteiger partial charge on any atom is 0.242 e. The van der Waals surface area contributed by atoms with Crippen LogP contribution in [0.3, 0.4) is 0 Å². The summed E-state index contributed by atoms with van der Waals surface area (Å²) in [5, 5.41) is 0. The fraction of sp³-hybridized carbons (Fsp3) is 0.588. The molecule has 0 saturated carbocycles. The van der Waals surface area contributed by atoms with Crippen LogP contribution in [0.1, 0.15) is 38.7 Å². The van der Waals surface area contributed by atoms with Crippen molar-refractivity contribution in [1.29, 1.82) is 0 Å². The molecule has 1 amide bonds. The minimum Gasteiger partial charge on any atom is -0.372 e. The summed E-state index contributed by atoms with van der Waals surface area (Å²) >= 11 is 0. The quantitative estimate of drug-likeness (QED) is 0.926. The number of amides is 1. The van der Waals surface area contributed by atoms with E-state index in [9.17, 15) is 4.79 Å².